The van der Waals surface area contributed by atoms with Gasteiger partial charge in [0.25, 0.3) is 0 Å². The van der Waals surface area contributed by atoms with Crippen LogP contribution in [0.25, 0.3) is 11.4 Å². The second kappa shape index (κ2) is 10.3. The van der Waals surface area contributed by atoms with Crippen LogP contribution in [0.15, 0.2) is 47.0 Å². The fraction of sp³-hybridized carbons (Fsp3) is 0.483. The molecule has 1 aliphatic heterocycles. The average molecular weight is 475 g/mol. The topological polar surface area (TPSA) is 71.3 Å². The number of aryl methyl sites for hydroxylation is 2. The molecule has 0 bridgehead atoms. The number of aromatic nitrogens is 2. The zero-order valence-electron chi connectivity index (χ0n) is 21.9. The molecule has 0 radical (unpaired) electrons. The molecule has 2 atom stereocenters. The molecule has 1 saturated heterocycles. The third-order valence-electron chi connectivity index (χ3n) is 7.10. The van der Waals surface area contributed by atoms with Crippen LogP contribution >= 0.6 is 0 Å². The first-order chi connectivity index (χ1) is 16.6. The third kappa shape index (κ3) is 6.17. The molecule has 1 aromatic heterocycles. The largest absolute Gasteiger partial charge is 0.349 e. The molecule has 186 valence electrons. The van der Waals surface area contributed by atoms with Gasteiger partial charge < -0.3 is 9.84 Å². The molecule has 1 fully saturated rings. The predicted molar refractivity (Wildman–Crippen MR) is 139 cm³/mol. The average Bonchev–Trinajstić information content (AvgIpc) is 3.29. The number of amides is 1. The number of carbonyl (C=O) groups excluding carboxylic acids is 1. The highest BCUT2D eigenvalue weighted by Crippen LogP contribution is 2.26. The van der Waals surface area contributed by atoms with Crippen molar-refractivity contribution in [2.45, 2.75) is 72.4 Å². The SMILES string of the molecule is Cc1ccc(C(C)NC(=O)C2CCCN(Cc3nc(-c4ccc(C(C)(C)C)cc4)no3)C2)cc1C. The minimum atomic E-state index is -0.0370. The maximum Gasteiger partial charge on any atom is 0.241 e. The fourth-order valence-corrected chi connectivity index (χ4v) is 4.61. The second-order valence-electron chi connectivity index (χ2n) is 11.0. The van der Waals surface area contributed by atoms with E-state index in [4.69, 9.17) is 4.52 Å². The molecule has 2 aromatic carbocycles. The van der Waals surface area contributed by atoms with Crippen LogP contribution in [0, 0.1) is 19.8 Å². The van der Waals surface area contributed by atoms with Crippen LogP contribution in [0.3, 0.4) is 0 Å². The van der Waals surface area contributed by atoms with E-state index in [1.807, 2.05) is 12.1 Å². The zero-order chi connectivity index (χ0) is 25.2. The van der Waals surface area contributed by atoms with E-state index in [1.54, 1.807) is 0 Å². The van der Waals surface area contributed by atoms with Gasteiger partial charge in [0.2, 0.25) is 17.6 Å². The number of piperidine rings is 1. The summed E-state index contributed by atoms with van der Waals surface area (Å²) in [5, 5.41) is 7.41. The number of nitrogens with one attached hydrogen (secondary N) is 1. The van der Waals surface area contributed by atoms with Gasteiger partial charge in [-0.1, -0.05) is 68.4 Å². The van der Waals surface area contributed by atoms with E-state index >= 15 is 0 Å². The molecular weight excluding hydrogens is 436 g/mol. The summed E-state index contributed by atoms with van der Waals surface area (Å²) in [6.45, 7) is 15.0. The Morgan fingerprint density at radius 3 is 2.57 bits per heavy atom. The van der Waals surface area contributed by atoms with Crippen molar-refractivity contribution in [1.82, 2.24) is 20.4 Å². The van der Waals surface area contributed by atoms with Gasteiger partial charge >= 0.3 is 0 Å². The fourth-order valence-electron chi connectivity index (χ4n) is 4.61. The molecular formula is C29H38N4O2. The van der Waals surface area contributed by atoms with E-state index in [0.717, 1.165) is 30.5 Å². The first-order valence-corrected chi connectivity index (χ1v) is 12.6. The molecule has 1 amide bonds. The van der Waals surface area contributed by atoms with Crippen molar-refractivity contribution in [3.8, 4) is 11.4 Å². The first-order valence-electron chi connectivity index (χ1n) is 12.6. The maximum atomic E-state index is 13.0. The molecule has 35 heavy (non-hydrogen) atoms. The number of rotatable bonds is 6. The minimum absolute atomic E-state index is 0.0136. The maximum absolute atomic E-state index is 13.0. The van der Waals surface area contributed by atoms with Crippen molar-refractivity contribution >= 4 is 5.91 Å². The van der Waals surface area contributed by atoms with Gasteiger partial charge in [0.05, 0.1) is 18.5 Å². The minimum Gasteiger partial charge on any atom is -0.349 e. The molecule has 2 unspecified atom stereocenters. The highest BCUT2D eigenvalue weighted by molar-refractivity contribution is 5.79. The Morgan fingerprint density at radius 2 is 1.89 bits per heavy atom. The Hall–Kier alpha value is -2.99. The zero-order valence-corrected chi connectivity index (χ0v) is 21.9. The van der Waals surface area contributed by atoms with Crippen molar-refractivity contribution < 1.29 is 9.32 Å². The monoisotopic (exact) mass is 474 g/mol. The Morgan fingerprint density at radius 1 is 1.14 bits per heavy atom. The summed E-state index contributed by atoms with van der Waals surface area (Å²) in [7, 11) is 0. The number of nitrogens with zero attached hydrogens (tertiary/aromatic N) is 3. The number of hydrogen-bond acceptors (Lipinski definition) is 5. The Balaban J connectivity index is 1.34. The van der Waals surface area contributed by atoms with Crippen LogP contribution < -0.4 is 5.32 Å². The van der Waals surface area contributed by atoms with E-state index < -0.39 is 0 Å². The molecule has 0 aliphatic carbocycles. The molecule has 3 aromatic rings. The van der Waals surface area contributed by atoms with Crippen LogP contribution in [0.4, 0.5) is 0 Å². The summed E-state index contributed by atoms with van der Waals surface area (Å²) in [4.78, 5) is 19.9. The Kier molecular flexibility index (Phi) is 7.41. The van der Waals surface area contributed by atoms with Gasteiger partial charge in [0.1, 0.15) is 0 Å². The summed E-state index contributed by atoms with van der Waals surface area (Å²) in [6, 6.07) is 14.7. The Bertz CT molecular complexity index is 1160. The number of likely N-dealkylation sites (tertiary alicyclic amines) is 1. The van der Waals surface area contributed by atoms with Crippen molar-refractivity contribution in [3.05, 3.63) is 70.6 Å². The van der Waals surface area contributed by atoms with Gasteiger partial charge in [-0.25, -0.2) is 0 Å². The van der Waals surface area contributed by atoms with Gasteiger partial charge in [0.15, 0.2) is 0 Å². The molecule has 2 heterocycles. The third-order valence-corrected chi connectivity index (χ3v) is 7.10. The molecule has 6 nitrogen and oxygen atoms in total. The molecule has 6 heteroatoms. The highest BCUT2D eigenvalue weighted by atomic mass is 16.5. The van der Waals surface area contributed by atoms with Crippen LogP contribution in [-0.2, 0) is 16.8 Å². The molecule has 4 rings (SSSR count). The van der Waals surface area contributed by atoms with E-state index in [1.165, 1.54) is 16.7 Å². The van der Waals surface area contributed by atoms with Crippen molar-refractivity contribution in [2.75, 3.05) is 13.1 Å². The normalized spacial score (nSPS) is 17.8. The molecule has 1 aliphatic rings. The summed E-state index contributed by atoms with van der Waals surface area (Å²) < 4.78 is 5.55. The van der Waals surface area contributed by atoms with E-state index in [9.17, 15) is 4.79 Å². The smallest absolute Gasteiger partial charge is 0.241 e. The summed E-state index contributed by atoms with van der Waals surface area (Å²) >= 11 is 0. The van der Waals surface area contributed by atoms with Crippen molar-refractivity contribution in [2.24, 2.45) is 5.92 Å². The van der Waals surface area contributed by atoms with Crippen molar-refractivity contribution in [1.29, 1.82) is 0 Å². The lowest BCUT2D eigenvalue weighted by Crippen LogP contribution is -2.43. The predicted octanol–water partition coefficient (Wildman–Crippen LogP) is 5.74. The summed E-state index contributed by atoms with van der Waals surface area (Å²) in [5.41, 5.74) is 5.98. The lowest BCUT2D eigenvalue weighted by Gasteiger charge is -2.31. The van der Waals surface area contributed by atoms with Gasteiger partial charge in [-0.3, -0.25) is 9.69 Å². The number of carbonyl (C=O) groups is 1. The van der Waals surface area contributed by atoms with E-state index in [0.29, 0.717) is 24.8 Å². The highest BCUT2D eigenvalue weighted by Gasteiger charge is 2.28. The van der Waals surface area contributed by atoms with Crippen LogP contribution in [0.1, 0.15) is 74.7 Å². The van der Waals surface area contributed by atoms with E-state index in [2.05, 4.69) is 92.2 Å². The summed E-state index contributed by atoms with van der Waals surface area (Å²) in [6.07, 6.45) is 1.88. The molecule has 1 N–H and O–H groups in total. The lowest BCUT2D eigenvalue weighted by atomic mass is 9.87. The number of benzene rings is 2. The van der Waals surface area contributed by atoms with E-state index in [-0.39, 0.29) is 23.3 Å². The molecule has 0 saturated carbocycles. The number of hydrogen-bond donors (Lipinski definition) is 1. The lowest BCUT2D eigenvalue weighted by molar-refractivity contribution is -0.127. The standard InChI is InChI=1S/C29H38N4O2/c1-19-9-10-23(16-20(19)2)21(3)30-28(34)24-8-7-15-33(17-24)18-26-31-27(32-35-26)22-11-13-25(14-12-22)29(4,5)6/h9-14,16,21,24H,7-8,15,17-18H2,1-6H3,(H,30,34). The van der Waals surface area contributed by atoms with Crippen LogP contribution in [0.5, 0.6) is 0 Å². The second-order valence-corrected chi connectivity index (χ2v) is 11.0. The first kappa shape index (κ1) is 25.1. The molecule has 0 spiro atoms. The van der Waals surface area contributed by atoms with Crippen LogP contribution in [0.2, 0.25) is 0 Å². The van der Waals surface area contributed by atoms with Gasteiger partial charge in [-0.15, -0.1) is 0 Å². The quantitative estimate of drug-likeness (QED) is 0.493. The Labute approximate surface area is 209 Å². The summed E-state index contributed by atoms with van der Waals surface area (Å²) in [5.74, 6) is 1.27. The van der Waals surface area contributed by atoms with Crippen molar-refractivity contribution in [3.63, 3.8) is 0 Å². The van der Waals surface area contributed by atoms with Crippen LogP contribution in [-0.4, -0.2) is 34.0 Å². The van der Waals surface area contributed by atoms with Gasteiger partial charge in [-0.05, 0) is 67.8 Å². The van der Waals surface area contributed by atoms with Gasteiger partial charge in [-0.2, -0.15) is 4.98 Å². The van der Waals surface area contributed by atoms with Gasteiger partial charge in [0, 0.05) is 12.1 Å².